The molecular weight excluding hydrogens is 220 g/mol. The summed E-state index contributed by atoms with van der Waals surface area (Å²) in [5, 5.41) is 11.5. The summed E-state index contributed by atoms with van der Waals surface area (Å²) in [6.07, 6.45) is 1.78. The molecule has 66 valence electrons. The molecule has 1 aromatic heterocycles. The van der Waals surface area contributed by atoms with Gasteiger partial charge < -0.3 is 10.4 Å². The van der Waals surface area contributed by atoms with E-state index in [4.69, 9.17) is 5.11 Å². The van der Waals surface area contributed by atoms with Gasteiger partial charge >= 0.3 is 0 Å². The topological polar surface area (TPSA) is 45.2 Å². The normalized spacial score (nSPS) is 9.92. The van der Waals surface area contributed by atoms with Crippen molar-refractivity contribution in [2.45, 2.75) is 6.92 Å². The quantitative estimate of drug-likeness (QED) is 0.829. The average Bonchev–Trinajstić information content (AvgIpc) is 2.03. The lowest BCUT2D eigenvalue weighted by Gasteiger charge is -2.05. The Morgan fingerprint density at radius 2 is 2.42 bits per heavy atom. The van der Waals surface area contributed by atoms with E-state index >= 15 is 0 Å². The zero-order valence-electron chi connectivity index (χ0n) is 6.84. The molecule has 3 nitrogen and oxygen atoms in total. The van der Waals surface area contributed by atoms with Crippen molar-refractivity contribution in [3.05, 3.63) is 22.3 Å². The molecule has 0 bridgehead atoms. The predicted molar refractivity (Wildman–Crippen MR) is 52.2 cm³/mol. The number of nitrogens with one attached hydrogen (secondary N) is 1. The van der Waals surface area contributed by atoms with Gasteiger partial charge in [-0.05, 0) is 34.5 Å². The molecule has 0 fully saturated rings. The van der Waals surface area contributed by atoms with Gasteiger partial charge in [-0.15, -0.1) is 0 Å². The first-order valence-electron chi connectivity index (χ1n) is 3.71. The molecule has 0 atom stereocenters. The monoisotopic (exact) mass is 230 g/mol. The Bertz CT molecular complexity index is 265. The van der Waals surface area contributed by atoms with E-state index < -0.39 is 0 Å². The molecule has 0 amide bonds. The summed E-state index contributed by atoms with van der Waals surface area (Å²) < 4.78 is 0.927. The molecule has 12 heavy (non-hydrogen) atoms. The largest absolute Gasteiger partial charge is 0.395 e. The summed E-state index contributed by atoms with van der Waals surface area (Å²) >= 11 is 3.37. The minimum atomic E-state index is 0.113. The Kier molecular flexibility index (Phi) is 3.49. The lowest BCUT2D eigenvalue weighted by atomic mass is 10.3. The summed E-state index contributed by atoms with van der Waals surface area (Å²) in [5.74, 6) is 0.773. The van der Waals surface area contributed by atoms with Gasteiger partial charge in [0, 0.05) is 12.7 Å². The molecule has 1 heterocycles. The molecule has 0 spiro atoms. The van der Waals surface area contributed by atoms with Gasteiger partial charge in [-0.3, -0.25) is 0 Å². The Morgan fingerprint density at radius 1 is 1.67 bits per heavy atom. The first kappa shape index (κ1) is 9.48. The smallest absolute Gasteiger partial charge is 0.140 e. The van der Waals surface area contributed by atoms with Crippen LogP contribution < -0.4 is 5.32 Å². The van der Waals surface area contributed by atoms with Crippen LogP contribution >= 0.6 is 15.9 Å². The van der Waals surface area contributed by atoms with Crippen LogP contribution in [0.5, 0.6) is 0 Å². The standard InChI is InChI=1S/C8H11BrN2O/c1-6-4-7(9)8(11-5-6)10-2-3-12/h4-5,12H,2-3H2,1H3,(H,10,11). The second-order valence-corrected chi connectivity index (χ2v) is 3.35. The number of nitrogens with zero attached hydrogens (tertiary/aromatic N) is 1. The molecule has 0 aliphatic rings. The molecule has 0 unspecified atom stereocenters. The molecule has 2 N–H and O–H groups in total. The molecule has 4 heteroatoms. The highest BCUT2D eigenvalue weighted by atomic mass is 79.9. The highest BCUT2D eigenvalue weighted by Gasteiger charge is 1.99. The van der Waals surface area contributed by atoms with E-state index in [2.05, 4.69) is 26.2 Å². The molecule has 1 rings (SSSR count). The third-order valence-electron chi connectivity index (χ3n) is 1.38. The Hall–Kier alpha value is -0.610. The van der Waals surface area contributed by atoms with E-state index in [1.807, 2.05) is 13.0 Å². The number of aryl methyl sites for hydroxylation is 1. The summed E-state index contributed by atoms with van der Waals surface area (Å²) in [7, 11) is 0. The fourth-order valence-corrected chi connectivity index (χ4v) is 1.44. The number of pyridine rings is 1. The van der Waals surface area contributed by atoms with Crippen LogP contribution in [-0.2, 0) is 0 Å². The van der Waals surface area contributed by atoms with Crippen molar-refractivity contribution in [1.82, 2.24) is 4.98 Å². The first-order valence-corrected chi connectivity index (χ1v) is 4.50. The number of hydrogen-bond donors (Lipinski definition) is 2. The maximum absolute atomic E-state index is 8.57. The number of anilines is 1. The van der Waals surface area contributed by atoms with Crippen LogP contribution in [-0.4, -0.2) is 23.2 Å². The van der Waals surface area contributed by atoms with E-state index in [0.29, 0.717) is 6.54 Å². The number of aliphatic hydroxyl groups excluding tert-OH is 1. The Morgan fingerprint density at radius 3 is 3.00 bits per heavy atom. The minimum Gasteiger partial charge on any atom is -0.395 e. The van der Waals surface area contributed by atoms with Crippen LogP contribution in [0.2, 0.25) is 0 Å². The summed E-state index contributed by atoms with van der Waals surface area (Å²) in [6, 6.07) is 1.98. The highest BCUT2D eigenvalue weighted by Crippen LogP contribution is 2.19. The number of hydrogen-bond acceptors (Lipinski definition) is 3. The average molecular weight is 231 g/mol. The number of aliphatic hydroxyl groups is 1. The van der Waals surface area contributed by atoms with Crippen molar-refractivity contribution in [2.24, 2.45) is 0 Å². The Balaban J connectivity index is 2.72. The zero-order chi connectivity index (χ0) is 8.97. The summed E-state index contributed by atoms with van der Waals surface area (Å²) in [6.45, 7) is 2.62. The number of aromatic nitrogens is 1. The molecule has 0 saturated carbocycles. The highest BCUT2D eigenvalue weighted by molar-refractivity contribution is 9.10. The maximum Gasteiger partial charge on any atom is 0.140 e. The van der Waals surface area contributed by atoms with Crippen molar-refractivity contribution in [3.8, 4) is 0 Å². The van der Waals surface area contributed by atoms with E-state index in [0.717, 1.165) is 15.9 Å². The van der Waals surface area contributed by atoms with Crippen LogP contribution in [0.1, 0.15) is 5.56 Å². The lowest BCUT2D eigenvalue weighted by Crippen LogP contribution is -2.07. The maximum atomic E-state index is 8.57. The van der Waals surface area contributed by atoms with E-state index in [9.17, 15) is 0 Å². The van der Waals surface area contributed by atoms with Crippen molar-refractivity contribution < 1.29 is 5.11 Å². The molecular formula is C8H11BrN2O. The summed E-state index contributed by atoms with van der Waals surface area (Å²) in [4.78, 5) is 4.15. The predicted octanol–water partition coefficient (Wildman–Crippen LogP) is 1.56. The number of rotatable bonds is 3. The van der Waals surface area contributed by atoms with Crippen LogP contribution in [0.15, 0.2) is 16.7 Å². The third kappa shape index (κ3) is 2.46. The fourth-order valence-electron chi connectivity index (χ4n) is 0.838. The molecule has 0 aromatic carbocycles. The van der Waals surface area contributed by atoms with Crippen LogP contribution in [0.3, 0.4) is 0 Å². The van der Waals surface area contributed by atoms with Crippen molar-refractivity contribution in [1.29, 1.82) is 0 Å². The van der Waals surface area contributed by atoms with E-state index in [-0.39, 0.29) is 6.61 Å². The fraction of sp³-hybridized carbons (Fsp3) is 0.375. The van der Waals surface area contributed by atoms with Crippen LogP contribution in [0.25, 0.3) is 0 Å². The zero-order valence-corrected chi connectivity index (χ0v) is 8.43. The van der Waals surface area contributed by atoms with Gasteiger partial charge in [0.15, 0.2) is 0 Å². The van der Waals surface area contributed by atoms with Gasteiger partial charge in [0.1, 0.15) is 5.82 Å². The van der Waals surface area contributed by atoms with Crippen molar-refractivity contribution >= 4 is 21.7 Å². The molecule has 1 aromatic rings. The third-order valence-corrected chi connectivity index (χ3v) is 1.99. The lowest BCUT2D eigenvalue weighted by molar-refractivity contribution is 0.311. The van der Waals surface area contributed by atoms with Gasteiger partial charge in [0.05, 0.1) is 11.1 Å². The molecule has 0 aliphatic heterocycles. The van der Waals surface area contributed by atoms with Crippen LogP contribution in [0, 0.1) is 6.92 Å². The number of halogens is 1. The van der Waals surface area contributed by atoms with Gasteiger partial charge in [0.2, 0.25) is 0 Å². The van der Waals surface area contributed by atoms with Crippen LogP contribution in [0.4, 0.5) is 5.82 Å². The van der Waals surface area contributed by atoms with Gasteiger partial charge in [-0.2, -0.15) is 0 Å². The Labute approximate surface area is 80.0 Å². The SMILES string of the molecule is Cc1cnc(NCCO)c(Br)c1. The van der Waals surface area contributed by atoms with Crippen molar-refractivity contribution in [3.63, 3.8) is 0 Å². The summed E-state index contributed by atoms with van der Waals surface area (Å²) in [5.41, 5.74) is 1.11. The molecule has 0 radical (unpaired) electrons. The second kappa shape index (κ2) is 4.42. The first-order chi connectivity index (χ1) is 5.74. The second-order valence-electron chi connectivity index (χ2n) is 2.49. The molecule has 0 saturated heterocycles. The van der Waals surface area contributed by atoms with Gasteiger partial charge in [-0.1, -0.05) is 0 Å². The van der Waals surface area contributed by atoms with E-state index in [1.165, 1.54) is 0 Å². The van der Waals surface area contributed by atoms with E-state index in [1.54, 1.807) is 6.20 Å². The minimum absolute atomic E-state index is 0.113. The van der Waals surface area contributed by atoms with Gasteiger partial charge in [0.25, 0.3) is 0 Å². The van der Waals surface area contributed by atoms with Gasteiger partial charge in [-0.25, -0.2) is 4.98 Å². The van der Waals surface area contributed by atoms with Crippen molar-refractivity contribution in [2.75, 3.05) is 18.5 Å². The molecule has 0 aliphatic carbocycles.